The van der Waals surface area contributed by atoms with Crippen molar-refractivity contribution in [3.05, 3.63) is 42.2 Å². The van der Waals surface area contributed by atoms with Crippen LogP contribution in [0.4, 0.5) is 11.4 Å². The SMILES string of the molecule is CC(C)n1ccc(C(=O)N2CCN(C)[C@H](C(=O)Nc3cccc(N4CCCC4)c3)C2)n1. The number of rotatable bonds is 5. The van der Waals surface area contributed by atoms with Crippen molar-refractivity contribution in [1.82, 2.24) is 19.6 Å². The third-order valence-corrected chi connectivity index (χ3v) is 6.18. The van der Waals surface area contributed by atoms with Crippen LogP contribution in [0, 0.1) is 0 Å². The molecule has 2 aliphatic rings. The number of piperazine rings is 1. The number of nitrogens with one attached hydrogen (secondary N) is 1. The minimum absolute atomic E-state index is 0.0914. The second kappa shape index (κ2) is 9.09. The van der Waals surface area contributed by atoms with Gasteiger partial charge in [-0.1, -0.05) is 6.07 Å². The van der Waals surface area contributed by atoms with Crippen LogP contribution in [-0.2, 0) is 4.79 Å². The highest BCUT2D eigenvalue weighted by molar-refractivity contribution is 5.97. The van der Waals surface area contributed by atoms with Gasteiger partial charge in [0.2, 0.25) is 5.91 Å². The Kier molecular flexibility index (Phi) is 6.27. The minimum atomic E-state index is -0.402. The average Bonchev–Trinajstić information content (AvgIpc) is 3.46. The smallest absolute Gasteiger partial charge is 0.274 e. The minimum Gasteiger partial charge on any atom is -0.371 e. The van der Waals surface area contributed by atoms with Crippen molar-refractivity contribution in [2.75, 3.05) is 50.0 Å². The van der Waals surface area contributed by atoms with E-state index in [1.165, 1.54) is 12.8 Å². The van der Waals surface area contributed by atoms with Crippen LogP contribution in [-0.4, -0.2) is 77.2 Å². The van der Waals surface area contributed by atoms with Crippen molar-refractivity contribution < 1.29 is 9.59 Å². The summed E-state index contributed by atoms with van der Waals surface area (Å²) in [7, 11) is 1.93. The highest BCUT2D eigenvalue weighted by atomic mass is 16.2. The lowest BCUT2D eigenvalue weighted by molar-refractivity contribution is -0.122. The molecule has 0 bridgehead atoms. The van der Waals surface area contributed by atoms with Crippen LogP contribution in [0.15, 0.2) is 36.5 Å². The standard InChI is InChI=1S/C23H32N6O2/c1-17(2)29-12-9-20(25-29)23(31)28-14-13-26(3)21(16-28)22(30)24-18-7-6-8-19(15-18)27-10-4-5-11-27/h6-9,12,15,17,21H,4-5,10-11,13-14,16H2,1-3H3,(H,24,30)/t21-/m0/s1. The molecule has 2 fully saturated rings. The summed E-state index contributed by atoms with van der Waals surface area (Å²) >= 11 is 0. The Morgan fingerprint density at radius 1 is 1.10 bits per heavy atom. The molecule has 0 unspecified atom stereocenters. The number of carbonyl (C=O) groups excluding carboxylic acids is 2. The van der Waals surface area contributed by atoms with Gasteiger partial charge in [-0.25, -0.2) is 0 Å². The first kappa shape index (κ1) is 21.4. The topological polar surface area (TPSA) is 73.7 Å². The first-order valence-electron chi connectivity index (χ1n) is 11.1. The lowest BCUT2D eigenvalue weighted by atomic mass is 10.1. The molecule has 31 heavy (non-hydrogen) atoms. The van der Waals surface area contributed by atoms with E-state index in [0.717, 1.165) is 24.5 Å². The van der Waals surface area contributed by atoms with E-state index >= 15 is 0 Å². The van der Waals surface area contributed by atoms with Gasteiger partial charge in [-0.2, -0.15) is 5.10 Å². The second-order valence-corrected chi connectivity index (χ2v) is 8.76. The number of anilines is 2. The van der Waals surface area contributed by atoms with Crippen LogP contribution in [0.25, 0.3) is 0 Å². The van der Waals surface area contributed by atoms with E-state index < -0.39 is 6.04 Å². The molecule has 2 aromatic rings. The fourth-order valence-electron chi connectivity index (χ4n) is 4.22. The van der Waals surface area contributed by atoms with E-state index in [1.807, 2.05) is 50.2 Å². The Bertz CT molecular complexity index is 934. The number of hydrogen-bond acceptors (Lipinski definition) is 5. The molecule has 2 aliphatic heterocycles. The van der Waals surface area contributed by atoms with Crippen molar-refractivity contribution in [1.29, 1.82) is 0 Å². The van der Waals surface area contributed by atoms with Gasteiger partial charge in [-0.15, -0.1) is 0 Å². The van der Waals surface area contributed by atoms with Gasteiger partial charge in [-0.05, 0) is 58.0 Å². The summed E-state index contributed by atoms with van der Waals surface area (Å²) in [5.74, 6) is -0.215. The van der Waals surface area contributed by atoms with Crippen LogP contribution >= 0.6 is 0 Å². The monoisotopic (exact) mass is 424 g/mol. The molecule has 8 heteroatoms. The van der Waals surface area contributed by atoms with Gasteiger partial charge >= 0.3 is 0 Å². The van der Waals surface area contributed by atoms with Crippen LogP contribution in [0.3, 0.4) is 0 Å². The van der Waals surface area contributed by atoms with E-state index in [-0.39, 0.29) is 17.9 Å². The van der Waals surface area contributed by atoms with Crippen LogP contribution in [0.2, 0.25) is 0 Å². The molecule has 0 radical (unpaired) electrons. The van der Waals surface area contributed by atoms with Gasteiger partial charge in [0.05, 0.1) is 0 Å². The predicted molar refractivity (Wildman–Crippen MR) is 121 cm³/mol. The fraction of sp³-hybridized carbons (Fsp3) is 0.522. The van der Waals surface area contributed by atoms with Gasteiger partial charge in [0.25, 0.3) is 5.91 Å². The number of carbonyl (C=O) groups is 2. The normalized spacial score (nSPS) is 19.8. The van der Waals surface area contributed by atoms with Crippen molar-refractivity contribution in [3.8, 4) is 0 Å². The maximum absolute atomic E-state index is 13.1. The second-order valence-electron chi connectivity index (χ2n) is 8.76. The van der Waals surface area contributed by atoms with Crippen molar-refractivity contribution >= 4 is 23.2 Å². The molecule has 1 aromatic heterocycles. The summed E-state index contributed by atoms with van der Waals surface area (Å²) in [5, 5.41) is 7.45. The molecule has 0 aliphatic carbocycles. The van der Waals surface area contributed by atoms with Gasteiger partial charge in [0.1, 0.15) is 11.7 Å². The highest BCUT2D eigenvalue weighted by Gasteiger charge is 2.33. The quantitative estimate of drug-likeness (QED) is 0.798. The zero-order chi connectivity index (χ0) is 22.0. The molecule has 2 amide bonds. The van der Waals surface area contributed by atoms with Crippen molar-refractivity contribution in [3.63, 3.8) is 0 Å². The Balaban J connectivity index is 1.42. The zero-order valence-corrected chi connectivity index (χ0v) is 18.6. The molecule has 166 valence electrons. The van der Waals surface area contributed by atoms with E-state index in [1.54, 1.807) is 15.6 Å². The molecular formula is C23H32N6O2. The number of aromatic nitrogens is 2. The summed E-state index contributed by atoms with van der Waals surface area (Å²) in [5.41, 5.74) is 2.36. The summed E-state index contributed by atoms with van der Waals surface area (Å²) in [6.45, 7) is 7.74. The number of likely N-dealkylation sites (N-methyl/N-ethyl adjacent to an activating group) is 1. The van der Waals surface area contributed by atoms with Crippen molar-refractivity contribution in [2.24, 2.45) is 0 Å². The fourth-order valence-corrected chi connectivity index (χ4v) is 4.22. The lowest BCUT2D eigenvalue weighted by Crippen LogP contribution is -2.57. The highest BCUT2D eigenvalue weighted by Crippen LogP contribution is 2.24. The van der Waals surface area contributed by atoms with Gasteiger partial charge < -0.3 is 15.1 Å². The molecule has 8 nitrogen and oxygen atoms in total. The molecule has 0 spiro atoms. The number of benzene rings is 1. The number of amides is 2. The number of hydrogen-bond donors (Lipinski definition) is 1. The Morgan fingerprint density at radius 3 is 2.58 bits per heavy atom. The zero-order valence-electron chi connectivity index (χ0n) is 18.6. The van der Waals surface area contributed by atoms with Crippen LogP contribution < -0.4 is 10.2 Å². The van der Waals surface area contributed by atoms with Crippen LogP contribution in [0.5, 0.6) is 0 Å². The largest absolute Gasteiger partial charge is 0.371 e. The van der Waals surface area contributed by atoms with Gasteiger partial charge in [0, 0.05) is 56.3 Å². The Labute approximate surface area is 183 Å². The first-order valence-corrected chi connectivity index (χ1v) is 11.1. The maximum atomic E-state index is 13.1. The van der Waals surface area contributed by atoms with Gasteiger partial charge in [0.15, 0.2) is 0 Å². The summed E-state index contributed by atoms with van der Waals surface area (Å²) in [6.07, 6.45) is 4.25. The summed E-state index contributed by atoms with van der Waals surface area (Å²) in [4.78, 5) is 32.1. The molecule has 2 saturated heterocycles. The number of nitrogens with zero attached hydrogens (tertiary/aromatic N) is 5. The van der Waals surface area contributed by atoms with E-state index in [0.29, 0.717) is 25.3 Å². The molecule has 4 rings (SSSR count). The lowest BCUT2D eigenvalue weighted by Gasteiger charge is -2.38. The average molecular weight is 425 g/mol. The van der Waals surface area contributed by atoms with E-state index in [9.17, 15) is 9.59 Å². The predicted octanol–water partition coefficient (Wildman–Crippen LogP) is 2.46. The Morgan fingerprint density at radius 2 is 1.87 bits per heavy atom. The molecule has 1 aromatic carbocycles. The molecular weight excluding hydrogens is 392 g/mol. The molecule has 1 N–H and O–H groups in total. The van der Waals surface area contributed by atoms with Crippen molar-refractivity contribution in [2.45, 2.75) is 38.8 Å². The summed E-state index contributed by atoms with van der Waals surface area (Å²) < 4.78 is 1.78. The molecule has 0 saturated carbocycles. The third-order valence-electron chi connectivity index (χ3n) is 6.18. The summed E-state index contributed by atoms with van der Waals surface area (Å²) in [6, 6.07) is 9.57. The first-order chi connectivity index (χ1) is 14.9. The van der Waals surface area contributed by atoms with E-state index in [4.69, 9.17) is 0 Å². The molecule has 1 atom stereocenters. The third kappa shape index (κ3) is 4.74. The van der Waals surface area contributed by atoms with Crippen LogP contribution in [0.1, 0.15) is 43.2 Å². The Hall–Kier alpha value is -2.87. The van der Waals surface area contributed by atoms with Gasteiger partial charge in [-0.3, -0.25) is 19.2 Å². The van der Waals surface area contributed by atoms with E-state index in [2.05, 4.69) is 21.4 Å². The maximum Gasteiger partial charge on any atom is 0.274 e. The molecule has 3 heterocycles.